The molecule has 35 heavy (non-hydrogen) atoms. The third-order valence-electron chi connectivity index (χ3n) is 5.14. The van der Waals surface area contributed by atoms with Gasteiger partial charge >= 0.3 is 5.97 Å². The van der Waals surface area contributed by atoms with E-state index in [9.17, 15) is 9.90 Å². The van der Waals surface area contributed by atoms with Crippen LogP contribution in [-0.2, 0) is 20.7 Å². The Morgan fingerprint density at radius 3 is 2.80 bits per heavy atom. The largest absolute Gasteiger partial charge is 0.491 e. The van der Waals surface area contributed by atoms with Crippen molar-refractivity contribution in [2.24, 2.45) is 0 Å². The van der Waals surface area contributed by atoms with Crippen LogP contribution in [0.25, 0.3) is 0 Å². The van der Waals surface area contributed by atoms with Gasteiger partial charge in [0, 0.05) is 25.8 Å². The molecule has 0 spiro atoms. The van der Waals surface area contributed by atoms with E-state index in [1.165, 1.54) is 7.11 Å². The van der Waals surface area contributed by atoms with Crippen LogP contribution in [0.5, 0.6) is 23.0 Å². The highest BCUT2D eigenvalue weighted by molar-refractivity contribution is 6.32. The first-order chi connectivity index (χ1) is 16.9. The Morgan fingerprint density at radius 1 is 1.23 bits per heavy atom. The van der Waals surface area contributed by atoms with Gasteiger partial charge in [-0.2, -0.15) is 0 Å². The number of rotatable bonds is 13. The lowest BCUT2D eigenvalue weighted by Crippen LogP contribution is -2.38. The lowest BCUT2D eigenvalue weighted by Gasteiger charge is -2.25. The molecular weight excluding hydrogens is 478 g/mol. The number of methoxy groups -OCH3 is 1. The molecule has 0 aliphatic carbocycles. The van der Waals surface area contributed by atoms with Gasteiger partial charge in [-0.25, -0.2) is 4.79 Å². The van der Waals surface area contributed by atoms with Crippen molar-refractivity contribution in [3.8, 4) is 23.0 Å². The average molecular weight is 510 g/mol. The van der Waals surface area contributed by atoms with E-state index in [1.807, 2.05) is 19.1 Å². The van der Waals surface area contributed by atoms with Crippen LogP contribution in [-0.4, -0.2) is 69.6 Å². The first-order valence-corrected chi connectivity index (χ1v) is 11.8. The summed E-state index contributed by atoms with van der Waals surface area (Å²) >= 11 is 6.17. The van der Waals surface area contributed by atoms with Crippen molar-refractivity contribution in [3.05, 3.63) is 47.0 Å². The molecule has 1 aliphatic rings. The normalized spacial score (nSPS) is 16.3. The molecule has 1 unspecified atom stereocenters. The van der Waals surface area contributed by atoms with Crippen molar-refractivity contribution < 1.29 is 38.3 Å². The third kappa shape index (κ3) is 8.17. The topological polar surface area (TPSA) is 105 Å². The van der Waals surface area contributed by atoms with Crippen LogP contribution in [0, 0.1) is 0 Å². The van der Waals surface area contributed by atoms with E-state index in [0.29, 0.717) is 47.6 Å². The Bertz CT molecular complexity index is 972. The molecule has 10 heteroatoms. The Labute approximate surface area is 210 Å². The number of halogens is 1. The van der Waals surface area contributed by atoms with Crippen molar-refractivity contribution in [2.45, 2.75) is 38.5 Å². The minimum absolute atomic E-state index is 0.0890. The molecule has 2 aromatic carbocycles. The molecule has 0 bridgehead atoms. The fourth-order valence-corrected chi connectivity index (χ4v) is 3.64. The SMILES string of the molecule is CCOC(=O)C1COc2cc(C[C@@H](C)NC[C@H](O)COc3ccc(OCOC)c(Cl)c3)ccc2O1. The number of carbonyl (C=O) groups is 1. The van der Waals surface area contributed by atoms with Crippen molar-refractivity contribution in [2.75, 3.05) is 40.3 Å². The molecule has 0 radical (unpaired) electrons. The summed E-state index contributed by atoms with van der Waals surface area (Å²) in [4.78, 5) is 11.9. The van der Waals surface area contributed by atoms with Gasteiger partial charge in [0.1, 0.15) is 30.8 Å². The molecular formula is C25H32ClNO8. The van der Waals surface area contributed by atoms with Gasteiger partial charge in [0.2, 0.25) is 6.10 Å². The number of carbonyl (C=O) groups excluding carboxylic acids is 1. The fourth-order valence-electron chi connectivity index (χ4n) is 3.42. The van der Waals surface area contributed by atoms with E-state index in [4.69, 9.17) is 40.0 Å². The molecule has 2 aromatic rings. The van der Waals surface area contributed by atoms with Gasteiger partial charge in [-0.3, -0.25) is 0 Å². The number of fused-ring (bicyclic) bond motifs is 1. The van der Waals surface area contributed by atoms with E-state index in [-0.39, 0.29) is 26.0 Å². The Kier molecular flexibility index (Phi) is 10.3. The van der Waals surface area contributed by atoms with Crippen LogP contribution in [0.15, 0.2) is 36.4 Å². The molecule has 192 valence electrons. The van der Waals surface area contributed by atoms with Crippen LogP contribution >= 0.6 is 11.6 Å². The monoisotopic (exact) mass is 509 g/mol. The summed E-state index contributed by atoms with van der Waals surface area (Å²) in [5, 5.41) is 14.0. The molecule has 1 heterocycles. The molecule has 1 aliphatic heterocycles. The zero-order valence-electron chi connectivity index (χ0n) is 20.1. The van der Waals surface area contributed by atoms with E-state index in [1.54, 1.807) is 31.2 Å². The van der Waals surface area contributed by atoms with Crippen molar-refractivity contribution in [3.63, 3.8) is 0 Å². The lowest BCUT2D eigenvalue weighted by molar-refractivity contribution is -0.153. The third-order valence-corrected chi connectivity index (χ3v) is 5.43. The lowest BCUT2D eigenvalue weighted by atomic mass is 10.1. The number of nitrogens with one attached hydrogen (secondary N) is 1. The summed E-state index contributed by atoms with van der Waals surface area (Å²) < 4.78 is 32.2. The first-order valence-electron chi connectivity index (χ1n) is 11.4. The van der Waals surface area contributed by atoms with Crippen LogP contribution in [0.4, 0.5) is 0 Å². The van der Waals surface area contributed by atoms with Crippen molar-refractivity contribution in [1.29, 1.82) is 0 Å². The smallest absolute Gasteiger partial charge is 0.350 e. The van der Waals surface area contributed by atoms with E-state index < -0.39 is 18.2 Å². The molecule has 0 saturated heterocycles. The molecule has 3 atom stereocenters. The van der Waals surface area contributed by atoms with E-state index >= 15 is 0 Å². The standard InChI is InChI=1S/C25H32ClNO8/c1-4-31-25(29)24-14-33-23-10-17(5-7-22(23)35-24)9-16(2)27-12-18(28)13-32-19-6-8-21(20(26)11-19)34-15-30-3/h5-8,10-11,16,18,24,27-28H,4,9,12-15H2,1-3H3/t16-,18+,24?/m1/s1. The van der Waals surface area contributed by atoms with Crippen LogP contribution in [0.1, 0.15) is 19.4 Å². The van der Waals surface area contributed by atoms with Gasteiger partial charge in [0.15, 0.2) is 18.3 Å². The maximum absolute atomic E-state index is 11.9. The second-order valence-electron chi connectivity index (χ2n) is 8.07. The average Bonchev–Trinajstić information content (AvgIpc) is 2.85. The molecule has 0 aromatic heterocycles. The fraction of sp³-hybridized carbons (Fsp3) is 0.480. The van der Waals surface area contributed by atoms with Gasteiger partial charge in [-0.1, -0.05) is 17.7 Å². The van der Waals surface area contributed by atoms with Gasteiger partial charge < -0.3 is 38.8 Å². The summed E-state index contributed by atoms with van der Waals surface area (Å²) in [6, 6.07) is 10.7. The number of aliphatic hydroxyl groups excluding tert-OH is 1. The number of esters is 1. The van der Waals surface area contributed by atoms with Crippen molar-refractivity contribution >= 4 is 17.6 Å². The van der Waals surface area contributed by atoms with Crippen LogP contribution in [0.3, 0.4) is 0 Å². The minimum Gasteiger partial charge on any atom is -0.491 e. The molecule has 0 saturated carbocycles. The van der Waals surface area contributed by atoms with E-state index in [2.05, 4.69) is 5.32 Å². The minimum atomic E-state index is -0.754. The predicted molar refractivity (Wildman–Crippen MR) is 130 cm³/mol. The number of benzene rings is 2. The van der Waals surface area contributed by atoms with Gasteiger partial charge in [-0.15, -0.1) is 0 Å². The maximum Gasteiger partial charge on any atom is 0.350 e. The Morgan fingerprint density at radius 2 is 2.06 bits per heavy atom. The molecule has 0 amide bonds. The summed E-state index contributed by atoms with van der Waals surface area (Å²) in [7, 11) is 1.53. The van der Waals surface area contributed by atoms with Gasteiger partial charge in [0.25, 0.3) is 0 Å². The van der Waals surface area contributed by atoms with Gasteiger partial charge in [0.05, 0.1) is 11.6 Å². The highest BCUT2D eigenvalue weighted by Crippen LogP contribution is 2.33. The zero-order chi connectivity index (χ0) is 25.2. The summed E-state index contributed by atoms with van der Waals surface area (Å²) in [6.45, 7) is 4.75. The van der Waals surface area contributed by atoms with Crippen molar-refractivity contribution in [1.82, 2.24) is 5.32 Å². The molecule has 3 rings (SSSR count). The number of hydrogen-bond acceptors (Lipinski definition) is 9. The quantitative estimate of drug-likeness (QED) is 0.311. The highest BCUT2D eigenvalue weighted by Gasteiger charge is 2.28. The Balaban J connectivity index is 1.41. The first kappa shape index (κ1) is 26.9. The maximum atomic E-state index is 11.9. The molecule has 9 nitrogen and oxygen atoms in total. The number of aliphatic hydroxyl groups is 1. The summed E-state index contributed by atoms with van der Waals surface area (Å²) in [6.07, 6.45) is -0.749. The second-order valence-corrected chi connectivity index (χ2v) is 8.48. The Hall–Kier alpha value is -2.72. The number of ether oxygens (including phenoxy) is 6. The molecule has 0 fully saturated rings. The van der Waals surface area contributed by atoms with Crippen LogP contribution < -0.4 is 24.3 Å². The zero-order valence-corrected chi connectivity index (χ0v) is 20.9. The predicted octanol–water partition coefficient (Wildman–Crippen LogP) is 2.99. The van der Waals surface area contributed by atoms with Crippen LogP contribution in [0.2, 0.25) is 5.02 Å². The highest BCUT2D eigenvalue weighted by atomic mass is 35.5. The summed E-state index contributed by atoms with van der Waals surface area (Å²) in [5.41, 5.74) is 1.04. The van der Waals surface area contributed by atoms with E-state index in [0.717, 1.165) is 5.56 Å². The number of hydrogen-bond donors (Lipinski definition) is 2. The summed E-state index contributed by atoms with van der Waals surface area (Å²) in [5.74, 6) is 1.72. The second kappa shape index (κ2) is 13.4. The molecule has 2 N–H and O–H groups in total. The van der Waals surface area contributed by atoms with Gasteiger partial charge in [-0.05, 0) is 50.1 Å².